The van der Waals surface area contributed by atoms with Crippen molar-refractivity contribution in [3.8, 4) is 17.2 Å². The number of allylic oxidation sites excluding steroid dienone is 2. The first-order valence-corrected chi connectivity index (χ1v) is 8.85. The van der Waals surface area contributed by atoms with Crippen molar-refractivity contribution in [2.24, 2.45) is 16.8 Å². The van der Waals surface area contributed by atoms with E-state index in [1.54, 1.807) is 12.3 Å². The van der Waals surface area contributed by atoms with Crippen molar-refractivity contribution in [3.63, 3.8) is 0 Å². The van der Waals surface area contributed by atoms with Crippen LogP contribution in [0.15, 0.2) is 65.6 Å². The van der Waals surface area contributed by atoms with Gasteiger partial charge in [0.1, 0.15) is 11.6 Å². The number of nitrogens with two attached hydrogens (primary N) is 3. The number of pyridine rings is 1. The summed E-state index contributed by atoms with van der Waals surface area (Å²) in [5, 5.41) is 13.5. The molecule has 0 bridgehead atoms. The van der Waals surface area contributed by atoms with Gasteiger partial charge in [-0.3, -0.25) is 5.01 Å². The molecule has 30 heavy (non-hydrogen) atoms. The fourth-order valence-electron chi connectivity index (χ4n) is 2.65. The lowest BCUT2D eigenvalue weighted by molar-refractivity contribution is 0.472. The van der Waals surface area contributed by atoms with Crippen LogP contribution in [-0.2, 0) is 5.41 Å². The van der Waals surface area contributed by atoms with Gasteiger partial charge in [0.15, 0.2) is 11.7 Å². The summed E-state index contributed by atoms with van der Waals surface area (Å²) in [5.74, 6) is 8.85. The smallest absolute Gasteiger partial charge is 0.178 e. The third kappa shape index (κ3) is 4.45. The average Bonchev–Trinajstić information content (AvgIpc) is 2.74. The first-order valence-electron chi connectivity index (χ1n) is 8.85. The Morgan fingerprint density at radius 2 is 1.83 bits per heavy atom. The standard InChI is InChI=1S/C21H23F2N7/c1-12(22)18(23)13(2)30(27)20(29-26)17-9-15(10-28-19(17)25)14-5-7-16(8-6-14)21(3,4)11-24/h5-10H,2,26-27H2,1,3-4H3,(H2,25,28)/b18-12-,29-20-. The summed E-state index contributed by atoms with van der Waals surface area (Å²) in [6, 6.07) is 11.2. The van der Waals surface area contributed by atoms with E-state index in [4.69, 9.17) is 17.4 Å². The number of nitrogen functional groups attached to an aromatic ring is 1. The minimum atomic E-state index is -1.24. The molecule has 0 aliphatic heterocycles. The molecule has 0 amide bonds. The lowest BCUT2D eigenvalue weighted by Crippen LogP contribution is -2.38. The van der Waals surface area contributed by atoms with Gasteiger partial charge in [0.2, 0.25) is 0 Å². The summed E-state index contributed by atoms with van der Waals surface area (Å²) in [7, 11) is 0. The fourth-order valence-corrected chi connectivity index (χ4v) is 2.65. The Kier molecular flexibility index (Phi) is 6.54. The van der Waals surface area contributed by atoms with Crippen molar-refractivity contribution in [1.82, 2.24) is 9.99 Å². The number of nitrogens with zero attached hydrogens (tertiary/aromatic N) is 4. The normalized spacial score (nSPS) is 12.8. The van der Waals surface area contributed by atoms with Crippen molar-refractivity contribution in [3.05, 3.63) is 71.6 Å². The summed E-state index contributed by atoms with van der Waals surface area (Å²) in [4.78, 5) is 4.13. The average molecular weight is 411 g/mol. The van der Waals surface area contributed by atoms with Crippen LogP contribution in [0.3, 0.4) is 0 Å². The monoisotopic (exact) mass is 411 g/mol. The molecule has 0 unspecified atom stereocenters. The van der Waals surface area contributed by atoms with Crippen LogP contribution >= 0.6 is 0 Å². The zero-order valence-electron chi connectivity index (χ0n) is 16.9. The maximum atomic E-state index is 13.9. The highest BCUT2D eigenvalue weighted by molar-refractivity contribution is 6.03. The molecule has 9 heteroatoms. The van der Waals surface area contributed by atoms with E-state index in [0.29, 0.717) is 10.6 Å². The second-order valence-corrected chi connectivity index (χ2v) is 7.09. The van der Waals surface area contributed by atoms with E-state index in [9.17, 15) is 14.0 Å². The number of benzene rings is 1. The molecule has 0 saturated heterocycles. The molecule has 0 fully saturated rings. The van der Waals surface area contributed by atoms with E-state index >= 15 is 0 Å². The molecule has 0 spiro atoms. The van der Waals surface area contributed by atoms with Crippen LogP contribution in [0.5, 0.6) is 0 Å². The topological polar surface area (TPSA) is 130 Å². The Morgan fingerprint density at radius 3 is 2.33 bits per heavy atom. The molecule has 1 aromatic carbocycles. The fraction of sp³-hybridized carbons (Fsp3) is 0.190. The molecule has 156 valence electrons. The quantitative estimate of drug-likeness (QED) is 0.226. The molecule has 0 atom stereocenters. The molecule has 2 rings (SSSR count). The molecule has 0 aliphatic carbocycles. The van der Waals surface area contributed by atoms with Gasteiger partial charge in [-0.2, -0.15) is 10.4 Å². The number of nitriles is 1. The first kappa shape index (κ1) is 22.5. The van der Waals surface area contributed by atoms with Gasteiger partial charge < -0.3 is 11.6 Å². The Bertz CT molecular complexity index is 1060. The van der Waals surface area contributed by atoms with Gasteiger partial charge in [-0.1, -0.05) is 30.8 Å². The van der Waals surface area contributed by atoms with E-state index in [1.165, 1.54) is 0 Å². The number of hydrazone groups is 1. The molecule has 2 aromatic rings. The predicted molar refractivity (Wildman–Crippen MR) is 114 cm³/mol. The molecule has 0 saturated carbocycles. The summed E-state index contributed by atoms with van der Waals surface area (Å²) in [6.45, 7) is 8.00. The van der Waals surface area contributed by atoms with E-state index in [1.807, 2.05) is 38.1 Å². The molecule has 1 aromatic heterocycles. The summed E-state index contributed by atoms with van der Waals surface area (Å²) >= 11 is 0. The van der Waals surface area contributed by atoms with Gasteiger partial charge in [0.25, 0.3) is 0 Å². The van der Waals surface area contributed by atoms with Gasteiger partial charge in [-0.15, -0.1) is 0 Å². The number of hydrazine groups is 1. The van der Waals surface area contributed by atoms with E-state index in [2.05, 4.69) is 22.7 Å². The molecule has 6 N–H and O–H groups in total. The first-order chi connectivity index (χ1) is 14.0. The molecule has 7 nitrogen and oxygen atoms in total. The van der Waals surface area contributed by atoms with Gasteiger partial charge in [-0.25, -0.2) is 19.6 Å². The van der Waals surface area contributed by atoms with E-state index in [0.717, 1.165) is 18.1 Å². The molecular weight excluding hydrogens is 388 g/mol. The van der Waals surface area contributed by atoms with Crippen molar-refractivity contribution in [2.45, 2.75) is 26.2 Å². The van der Waals surface area contributed by atoms with Crippen LogP contribution in [-0.4, -0.2) is 15.8 Å². The highest BCUT2D eigenvalue weighted by Crippen LogP contribution is 2.28. The van der Waals surface area contributed by atoms with Gasteiger partial charge >= 0.3 is 0 Å². The summed E-state index contributed by atoms with van der Waals surface area (Å²) in [5.41, 5.74) is 7.34. The second kappa shape index (κ2) is 8.71. The lowest BCUT2D eigenvalue weighted by Gasteiger charge is -2.22. The van der Waals surface area contributed by atoms with Crippen molar-refractivity contribution in [1.29, 1.82) is 5.26 Å². The third-order valence-electron chi connectivity index (χ3n) is 4.58. The van der Waals surface area contributed by atoms with Gasteiger partial charge in [0, 0.05) is 11.8 Å². The molecule has 1 heterocycles. The SMILES string of the molecule is C=C(/C(F)=C(\C)F)N(N)/C(=N\N)c1cc(-c2ccc(C(C)(C)C#N)cc2)cnc1N. The van der Waals surface area contributed by atoms with Crippen molar-refractivity contribution < 1.29 is 8.78 Å². The maximum absolute atomic E-state index is 13.9. The van der Waals surface area contributed by atoms with Crippen LogP contribution in [0.2, 0.25) is 0 Å². The van der Waals surface area contributed by atoms with E-state index in [-0.39, 0.29) is 17.2 Å². The number of halogens is 2. The highest BCUT2D eigenvalue weighted by Gasteiger charge is 2.22. The number of hydrogen-bond donors (Lipinski definition) is 3. The number of hydrogen-bond acceptors (Lipinski definition) is 6. The zero-order chi connectivity index (χ0) is 22.6. The minimum absolute atomic E-state index is 0.0368. The Morgan fingerprint density at radius 1 is 1.23 bits per heavy atom. The van der Waals surface area contributed by atoms with Crippen molar-refractivity contribution in [2.75, 3.05) is 5.73 Å². The van der Waals surface area contributed by atoms with Crippen LogP contribution < -0.4 is 17.4 Å². The van der Waals surface area contributed by atoms with Crippen LogP contribution in [0.25, 0.3) is 11.1 Å². The Hall–Kier alpha value is -3.77. The summed E-state index contributed by atoms with van der Waals surface area (Å²) < 4.78 is 27.1. The number of amidine groups is 1. The Balaban J connectivity index is 2.47. The zero-order valence-corrected chi connectivity index (χ0v) is 16.9. The maximum Gasteiger partial charge on any atom is 0.178 e. The largest absolute Gasteiger partial charge is 0.383 e. The van der Waals surface area contributed by atoms with E-state index < -0.39 is 22.8 Å². The Labute approximate surface area is 173 Å². The summed E-state index contributed by atoms with van der Waals surface area (Å²) in [6.07, 6.45) is 1.54. The predicted octanol–water partition coefficient (Wildman–Crippen LogP) is 3.61. The number of anilines is 1. The van der Waals surface area contributed by atoms with Crippen LogP contribution in [0, 0.1) is 11.3 Å². The molecule has 0 radical (unpaired) electrons. The lowest BCUT2D eigenvalue weighted by atomic mass is 9.85. The van der Waals surface area contributed by atoms with Crippen LogP contribution in [0.1, 0.15) is 31.9 Å². The van der Waals surface area contributed by atoms with Crippen molar-refractivity contribution >= 4 is 11.7 Å². The number of aromatic nitrogens is 1. The molecular formula is C21H23F2N7. The number of rotatable bonds is 5. The highest BCUT2D eigenvalue weighted by atomic mass is 19.2. The van der Waals surface area contributed by atoms with Gasteiger partial charge in [-0.05, 0) is 38.0 Å². The van der Waals surface area contributed by atoms with Gasteiger partial charge in [0.05, 0.1) is 22.7 Å². The van der Waals surface area contributed by atoms with Crippen LogP contribution in [0.4, 0.5) is 14.6 Å². The third-order valence-corrected chi connectivity index (χ3v) is 4.58. The minimum Gasteiger partial charge on any atom is -0.383 e. The molecule has 0 aliphatic rings. The second-order valence-electron chi connectivity index (χ2n) is 7.09.